The summed E-state index contributed by atoms with van der Waals surface area (Å²) in [6, 6.07) is 7.46. The summed E-state index contributed by atoms with van der Waals surface area (Å²) in [6.45, 7) is 6.19. The fourth-order valence-corrected chi connectivity index (χ4v) is 5.65. The summed E-state index contributed by atoms with van der Waals surface area (Å²) in [5.74, 6) is 0. The zero-order valence-electron chi connectivity index (χ0n) is 21.0. The SMILES string of the molecule is Cn1c2c(c3cnn(Cc4cn(C(=O)OC(C)(C)C)c5ccccc45)c(=O)c31)CCN(S(C)(=O)=O)C2. The summed E-state index contributed by atoms with van der Waals surface area (Å²) in [5.41, 5.74) is 2.78. The van der Waals surface area contributed by atoms with Crippen LogP contribution in [-0.2, 0) is 41.3 Å². The Morgan fingerprint density at radius 3 is 2.58 bits per heavy atom. The lowest BCUT2D eigenvalue weighted by Crippen LogP contribution is -2.35. The van der Waals surface area contributed by atoms with E-state index in [0.29, 0.717) is 24.0 Å². The van der Waals surface area contributed by atoms with Crippen molar-refractivity contribution in [2.45, 2.75) is 45.9 Å². The summed E-state index contributed by atoms with van der Waals surface area (Å²) in [6.07, 6.45) is 4.60. The molecule has 0 saturated carbocycles. The molecule has 0 bridgehead atoms. The van der Waals surface area contributed by atoms with Crippen LogP contribution in [0.15, 0.2) is 41.5 Å². The second-order valence-corrected chi connectivity index (χ2v) is 12.2. The molecule has 1 aliphatic heterocycles. The third-order valence-electron chi connectivity index (χ3n) is 6.54. The largest absolute Gasteiger partial charge is 0.443 e. The molecular weight excluding hydrogens is 482 g/mol. The molecule has 0 amide bonds. The minimum absolute atomic E-state index is 0.163. The first kappa shape index (κ1) is 24.3. The van der Waals surface area contributed by atoms with Gasteiger partial charge in [-0.25, -0.2) is 17.9 Å². The lowest BCUT2D eigenvalue weighted by molar-refractivity contribution is 0.0544. The molecule has 1 aliphatic rings. The molecule has 4 aromatic rings. The van der Waals surface area contributed by atoms with Gasteiger partial charge in [-0.2, -0.15) is 9.40 Å². The van der Waals surface area contributed by atoms with Crippen molar-refractivity contribution in [3.8, 4) is 0 Å². The number of nitrogens with zero attached hydrogens (tertiary/aromatic N) is 5. The topological polar surface area (TPSA) is 108 Å². The van der Waals surface area contributed by atoms with Gasteiger partial charge < -0.3 is 9.30 Å². The minimum atomic E-state index is -3.34. The van der Waals surface area contributed by atoms with Crippen LogP contribution in [0.3, 0.4) is 0 Å². The molecule has 0 radical (unpaired) electrons. The van der Waals surface area contributed by atoms with Gasteiger partial charge in [0, 0.05) is 36.3 Å². The summed E-state index contributed by atoms with van der Waals surface area (Å²) in [7, 11) is -1.55. The van der Waals surface area contributed by atoms with Crippen LogP contribution in [0.5, 0.6) is 0 Å². The second-order valence-electron chi connectivity index (χ2n) is 10.2. The number of hydrogen-bond acceptors (Lipinski definition) is 6. The van der Waals surface area contributed by atoms with E-state index in [1.54, 1.807) is 24.0 Å². The van der Waals surface area contributed by atoms with Crippen LogP contribution in [0.2, 0.25) is 0 Å². The van der Waals surface area contributed by atoms with Gasteiger partial charge in [0.15, 0.2) is 0 Å². The number of fused-ring (bicyclic) bond motifs is 4. The highest BCUT2D eigenvalue weighted by molar-refractivity contribution is 7.88. The standard InChI is InChI=1S/C25H29N5O5S/c1-25(2,3)35-24(32)29-13-16(17-8-6-7-9-20(17)29)14-30-23(31)22-19(12-26-30)18-10-11-28(36(5,33)34)15-21(18)27(22)4/h6-9,12-13H,10-11,14-15H2,1-5H3. The number of hydrogen-bond donors (Lipinski definition) is 0. The quantitative estimate of drug-likeness (QED) is 0.419. The van der Waals surface area contributed by atoms with E-state index >= 15 is 0 Å². The molecule has 3 aromatic heterocycles. The number of ether oxygens (including phenoxy) is 1. The van der Waals surface area contributed by atoms with Crippen LogP contribution in [0.25, 0.3) is 21.8 Å². The molecule has 0 saturated heterocycles. The van der Waals surface area contributed by atoms with Crippen LogP contribution in [0, 0.1) is 0 Å². The first-order chi connectivity index (χ1) is 16.8. The average molecular weight is 512 g/mol. The summed E-state index contributed by atoms with van der Waals surface area (Å²) in [5, 5.41) is 6.02. The maximum absolute atomic E-state index is 13.6. The number of carbonyl (C=O) groups excluding carboxylic acids is 1. The summed E-state index contributed by atoms with van der Waals surface area (Å²) in [4.78, 5) is 26.4. The zero-order valence-corrected chi connectivity index (χ0v) is 21.8. The lowest BCUT2D eigenvalue weighted by atomic mass is 10.1. The third kappa shape index (κ3) is 4.11. The van der Waals surface area contributed by atoms with Gasteiger partial charge in [0.25, 0.3) is 5.56 Å². The van der Waals surface area contributed by atoms with Gasteiger partial charge in [-0.15, -0.1) is 0 Å². The van der Waals surface area contributed by atoms with Crippen molar-refractivity contribution in [3.05, 3.63) is 63.8 Å². The maximum atomic E-state index is 13.6. The van der Waals surface area contributed by atoms with E-state index in [9.17, 15) is 18.0 Å². The van der Waals surface area contributed by atoms with Gasteiger partial charge in [0.05, 0.1) is 31.1 Å². The normalized spacial score (nSPS) is 14.9. The molecule has 5 rings (SSSR count). The first-order valence-electron chi connectivity index (χ1n) is 11.7. The van der Waals surface area contributed by atoms with E-state index in [-0.39, 0.29) is 18.6 Å². The number of carbonyl (C=O) groups is 1. The summed E-state index contributed by atoms with van der Waals surface area (Å²) < 4.78 is 35.8. The monoisotopic (exact) mass is 511 g/mol. The number of para-hydroxylation sites is 1. The van der Waals surface area contributed by atoms with Crippen molar-refractivity contribution in [2.75, 3.05) is 12.8 Å². The van der Waals surface area contributed by atoms with Gasteiger partial charge in [0.1, 0.15) is 11.1 Å². The van der Waals surface area contributed by atoms with E-state index in [1.807, 2.05) is 45.0 Å². The Morgan fingerprint density at radius 1 is 1.17 bits per heavy atom. The van der Waals surface area contributed by atoms with Crippen molar-refractivity contribution < 1.29 is 17.9 Å². The highest BCUT2D eigenvalue weighted by atomic mass is 32.2. The predicted molar refractivity (Wildman–Crippen MR) is 137 cm³/mol. The Kier molecular flexibility index (Phi) is 5.60. The fourth-order valence-electron chi connectivity index (χ4n) is 4.87. The van der Waals surface area contributed by atoms with Crippen LogP contribution in [0.4, 0.5) is 4.79 Å². The maximum Gasteiger partial charge on any atom is 0.419 e. The molecule has 0 N–H and O–H groups in total. The molecule has 10 nitrogen and oxygen atoms in total. The molecule has 0 spiro atoms. The number of sulfonamides is 1. The predicted octanol–water partition coefficient (Wildman–Crippen LogP) is 2.84. The van der Waals surface area contributed by atoms with Crippen molar-refractivity contribution in [3.63, 3.8) is 0 Å². The molecule has 11 heteroatoms. The lowest BCUT2D eigenvalue weighted by Gasteiger charge is -2.25. The first-order valence-corrected chi connectivity index (χ1v) is 13.5. The van der Waals surface area contributed by atoms with Crippen molar-refractivity contribution in [2.24, 2.45) is 7.05 Å². The van der Waals surface area contributed by atoms with E-state index in [0.717, 1.165) is 27.6 Å². The highest BCUT2D eigenvalue weighted by Crippen LogP contribution is 2.29. The molecule has 4 heterocycles. The Balaban J connectivity index is 1.57. The molecule has 0 aliphatic carbocycles. The van der Waals surface area contributed by atoms with Crippen molar-refractivity contribution >= 4 is 37.9 Å². The number of aryl methyl sites for hydroxylation is 1. The smallest absolute Gasteiger partial charge is 0.419 e. The summed E-state index contributed by atoms with van der Waals surface area (Å²) >= 11 is 0. The Bertz CT molecular complexity index is 1690. The zero-order chi connectivity index (χ0) is 26.0. The minimum Gasteiger partial charge on any atom is -0.443 e. The number of aromatic nitrogens is 4. The van der Waals surface area contributed by atoms with Crippen LogP contribution in [0.1, 0.15) is 37.6 Å². The number of benzene rings is 1. The molecule has 0 atom stereocenters. The average Bonchev–Trinajstić information content (AvgIpc) is 3.30. The molecule has 0 unspecified atom stereocenters. The Morgan fingerprint density at radius 2 is 1.89 bits per heavy atom. The van der Waals surface area contributed by atoms with Gasteiger partial charge in [-0.1, -0.05) is 18.2 Å². The van der Waals surface area contributed by atoms with Crippen molar-refractivity contribution in [1.29, 1.82) is 0 Å². The van der Waals surface area contributed by atoms with Gasteiger partial charge in [-0.05, 0) is 44.4 Å². The molecule has 1 aromatic carbocycles. The second kappa shape index (κ2) is 8.31. The van der Waals surface area contributed by atoms with Crippen LogP contribution in [-0.4, -0.2) is 56.1 Å². The highest BCUT2D eigenvalue weighted by Gasteiger charge is 2.29. The van der Waals surface area contributed by atoms with E-state index in [2.05, 4.69) is 5.10 Å². The van der Waals surface area contributed by atoms with E-state index in [4.69, 9.17) is 4.74 Å². The van der Waals surface area contributed by atoms with Gasteiger partial charge >= 0.3 is 6.09 Å². The van der Waals surface area contributed by atoms with Gasteiger partial charge in [0.2, 0.25) is 10.0 Å². The fraction of sp³-hybridized carbons (Fsp3) is 0.400. The van der Waals surface area contributed by atoms with Crippen LogP contribution >= 0.6 is 0 Å². The van der Waals surface area contributed by atoms with Gasteiger partial charge in [-0.3, -0.25) is 9.36 Å². The molecule has 190 valence electrons. The molecule has 36 heavy (non-hydrogen) atoms. The van der Waals surface area contributed by atoms with E-state index in [1.165, 1.54) is 19.8 Å². The Hall–Kier alpha value is -3.44. The third-order valence-corrected chi connectivity index (χ3v) is 7.79. The molecular formula is C25H29N5O5S. The van der Waals surface area contributed by atoms with E-state index < -0.39 is 21.7 Å². The van der Waals surface area contributed by atoms with Crippen LogP contribution < -0.4 is 5.56 Å². The van der Waals surface area contributed by atoms with Crippen molar-refractivity contribution in [1.82, 2.24) is 23.2 Å². The molecule has 0 fully saturated rings. The Labute approximate surface area is 208 Å². The number of rotatable bonds is 3.